The van der Waals surface area contributed by atoms with Crippen LogP contribution < -0.4 is 0 Å². The summed E-state index contributed by atoms with van der Waals surface area (Å²) in [7, 11) is 0. The second-order valence-corrected chi connectivity index (χ2v) is 18.1. The van der Waals surface area contributed by atoms with Crippen molar-refractivity contribution in [1.29, 1.82) is 0 Å². The number of aryl methyl sites for hydroxylation is 3. The quantitative estimate of drug-likeness (QED) is 0.165. The number of nitrogens with zero attached hydrogens (tertiary/aromatic N) is 3. The van der Waals surface area contributed by atoms with Gasteiger partial charge in [0.15, 0.2) is 0 Å². The third-order valence-corrected chi connectivity index (χ3v) is 10.8. The van der Waals surface area contributed by atoms with E-state index in [0.717, 1.165) is 42.0 Å². The molecule has 0 saturated heterocycles. The van der Waals surface area contributed by atoms with Gasteiger partial charge in [-0.3, -0.25) is 0 Å². The largest absolute Gasteiger partial charge is 0.486 e. The van der Waals surface area contributed by atoms with Gasteiger partial charge in [0.1, 0.15) is 0 Å². The van der Waals surface area contributed by atoms with Crippen molar-refractivity contribution in [2.75, 3.05) is 0 Å². The van der Waals surface area contributed by atoms with Crippen molar-refractivity contribution in [1.82, 2.24) is 15.0 Å². The first-order chi connectivity index (χ1) is 30.2. The van der Waals surface area contributed by atoms with Gasteiger partial charge in [0.25, 0.3) is 0 Å². The maximum Gasteiger partial charge on any atom is 0.216 e. The van der Waals surface area contributed by atoms with Gasteiger partial charge in [-0.15, -0.1) is 53.6 Å². The third kappa shape index (κ3) is 9.49. The molecule has 4 heterocycles. The van der Waals surface area contributed by atoms with Crippen molar-refractivity contribution in [2.24, 2.45) is 21.7 Å². The average Bonchev–Trinajstić information content (AvgIpc) is 3.58. The molecule has 0 bridgehead atoms. The van der Waals surface area contributed by atoms with Crippen molar-refractivity contribution in [2.45, 2.75) is 126 Å². The van der Waals surface area contributed by atoms with Gasteiger partial charge in [-0.1, -0.05) is 89.5 Å². The molecule has 0 amide bonds. The minimum Gasteiger partial charge on any atom is -0.486 e. The van der Waals surface area contributed by atoms with Gasteiger partial charge in [0.05, 0.1) is 5.58 Å². The summed E-state index contributed by atoms with van der Waals surface area (Å²) >= 11 is 0. The molecule has 2 aromatic carbocycles. The van der Waals surface area contributed by atoms with Crippen LogP contribution in [0.3, 0.4) is 0 Å². The Morgan fingerprint density at radius 3 is 2.33 bits per heavy atom. The molecule has 5 heteroatoms. The first-order valence-electron chi connectivity index (χ1n) is 25.0. The Morgan fingerprint density at radius 1 is 0.873 bits per heavy atom. The summed E-state index contributed by atoms with van der Waals surface area (Å²) in [6.07, 6.45) is 8.68. The number of fused-ring (bicyclic) bond motifs is 3. The Morgan fingerprint density at radius 2 is 1.65 bits per heavy atom. The van der Waals surface area contributed by atoms with Crippen molar-refractivity contribution in [3.05, 3.63) is 113 Å². The number of aromatic nitrogens is 3. The zero-order valence-corrected chi connectivity index (χ0v) is 35.4. The maximum atomic E-state index is 9.53. The van der Waals surface area contributed by atoms with Crippen LogP contribution >= 0.6 is 0 Å². The normalized spacial score (nSPS) is 22.5. The van der Waals surface area contributed by atoms with Crippen molar-refractivity contribution >= 4 is 22.1 Å². The molecule has 1 radical (unpaired) electrons. The molecule has 0 N–H and O–H groups in total. The fraction of sp³-hybridized carbons (Fsp3) is 0.460. The number of rotatable bonds is 4. The standard InChI is InChI=1S/C32H37N2O.C18H22N.Ir/c1-21-9-10-25-24-7-6-8-26(28(24)35-29(25)34-21)27-17-23(13-16-33-27)22-11-14-32(15-12-22)19-30(2,3)18-31(4,5)20-32;1-13-6-8-15(9-7-13)17-10-16(11-18(3,4)5)14(2)12-19-17;/h6-7,9-10,13,16-17,22H,11-12,14-15,18-20H2,1-5H3;6-8,10,12H,11H2,1-5H3;/q2*-1;/i1D3,22D;1D3,2D3,11D2;. The second kappa shape index (κ2) is 15.7. The van der Waals surface area contributed by atoms with E-state index in [9.17, 15) is 1.37 Å². The summed E-state index contributed by atoms with van der Waals surface area (Å²) in [5.41, 5.74) is 4.31. The summed E-state index contributed by atoms with van der Waals surface area (Å²) in [6.45, 7) is 7.72. The predicted octanol–water partition coefficient (Wildman–Crippen LogP) is 13.8. The summed E-state index contributed by atoms with van der Waals surface area (Å²) in [4.78, 5) is 13.1. The zero-order valence-electron chi connectivity index (χ0n) is 45.0. The molecule has 2 aliphatic carbocycles. The number of pyridine rings is 3. The second-order valence-electron chi connectivity index (χ2n) is 18.1. The monoisotopic (exact) mass is 923 g/mol. The fourth-order valence-corrected chi connectivity index (χ4v) is 9.53. The molecule has 2 saturated carbocycles. The van der Waals surface area contributed by atoms with Crippen molar-refractivity contribution < 1.29 is 41.0 Å². The van der Waals surface area contributed by atoms with Crippen LogP contribution in [0.1, 0.15) is 144 Å². The first-order valence-corrected chi connectivity index (χ1v) is 19.0. The van der Waals surface area contributed by atoms with Gasteiger partial charge in [0, 0.05) is 60.0 Å². The van der Waals surface area contributed by atoms with Crippen LogP contribution in [-0.2, 0) is 26.5 Å². The van der Waals surface area contributed by atoms with Gasteiger partial charge in [-0.05, 0) is 128 Å². The van der Waals surface area contributed by atoms with Gasteiger partial charge in [0.2, 0.25) is 5.71 Å². The third-order valence-electron chi connectivity index (χ3n) is 10.8. The molecule has 0 unspecified atom stereocenters. The molecule has 4 nitrogen and oxygen atoms in total. The Labute approximate surface area is 360 Å². The van der Waals surface area contributed by atoms with E-state index in [2.05, 4.69) is 54.8 Å². The minimum atomic E-state index is -2.51. The molecule has 0 atom stereocenters. The van der Waals surface area contributed by atoms with Crippen LogP contribution in [0, 0.1) is 54.3 Å². The molecular weight excluding hydrogens is 851 g/mol. The fourth-order valence-electron chi connectivity index (χ4n) is 9.53. The average molecular weight is 922 g/mol. The van der Waals surface area contributed by atoms with Crippen LogP contribution in [0.5, 0.6) is 0 Å². The Hall–Kier alpha value is -3.66. The molecule has 291 valence electrons. The molecule has 55 heavy (non-hydrogen) atoms. The Balaban J connectivity index is 0.000000234. The van der Waals surface area contributed by atoms with E-state index in [0.29, 0.717) is 50.1 Å². The Bertz CT molecular complexity index is 2720. The Kier molecular flexibility index (Phi) is 7.95. The zero-order chi connectivity index (χ0) is 48.7. The molecule has 8 rings (SSSR count). The number of benzene rings is 2. The van der Waals surface area contributed by atoms with Gasteiger partial charge >= 0.3 is 0 Å². The van der Waals surface area contributed by atoms with Crippen LogP contribution in [0.25, 0.3) is 44.6 Å². The summed E-state index contributed by atoms with van der Waals surface area (Å²) in [5.74, 6) is -0.646. The molecule has 2 aliphatic rings. The number of hydrogen-bond acceptors (Lipinski definition) is 4. The van der Waals surface area contributed by atoms with E-state index in [1.807, 2.05) is 24.3 Å². The SMILES string of the molecule is [2H]C([2H])([2H])c1c[c-]c(-c2cc(C([2H])([2H])C(C)(C)C)c(C([2H])([2H])[2H])cn2)cc1.[2H]C([2H])([2H])c1ccc2c(n1)oc1c(-c3cc(C4([2H])CCC5(CC4)CC(C)(C)CC(C)(C)C5)ccn3)[c-]ccc12.[Ir]. The number of hydrogen-bond donors (Lipinski definition) is 0. The van der Waals surface area contributed by atoms with Gasteiger partial charge in [-0.2, -0.15) is 0 Å². The first kappa shape index (κ1) is 27.9. The summed E-state index contributed by atoms with van der Waals surface area (Å²) < 4.78 is 101. The van der Waals surface area contributed by atoms with E-state index in [1.54, 1.807) is 33.0 Å². The molecule has 2 fully saturated rings. The molecule has 0 aliphatic heterocycles. The molecule has 6 aromatic rings. The van der Waals surface area contributed by atoms with Crippen LogP contribution in [0.2, 0.25) is 0 Å². The molecule has 4 aromatic heterocycles. The van der Waals surface area contributed by atoms with E-state index in [1.165, 1.54) is 55.8 Å². The molecular formula is C50H59IrN3O-2. The number of furan rings is 1. The topological polar surface area (TPSA) is 51.8 Å². The van der Waals surface area contributed by atoms with Crippen molar-refractivity contribution in [3.8, 4) is 22.5 Å². The van der Waals surface area contributed by atoms with E-state index < -0.39 is 38.2 Å². The summed E-state index contributed by atoms with van der Waals surface area (Å²) in [5, 5.41) is 1.61. The van der Waals surface area contributed by atoms with Crippen LogP contribution in [0.4, 0.5) is 0 Å². The van der Waals surface area contributed by atoms with E-state index in [-0.39, 0.29) is 42.5 Å². The smallest absolute Gasteiger partial charge is 0.216 e. The van der Waals surface area contributed by atoms with Gasteiger partial charge < -0.3 is 14.4 Å². The van der Waals surface area contributed by atoms with E-state index in [4.69, 9.17) is 19.5 Å². The van der Waals surface area contributed by atoms with Crippen LogP contribution in [0.15, 0.2) is 77.5 Å². The predicted molar refractivity (Wildman–Crippen MR) is 225 cm³/mol. The van der Waals surface area contributed by atoms with E-state index >= 15 is 0 Å². The maximum absolute atomic E-state index is 9.53. The molecule has 1 spiro atoms. The van der Waals surface area contributed by atoms with Crippen molar-refractivity contribution in [3.63, 3.8) is 0 Å². The summed E-state index contributed by atoms with van der Waals surface area (Å²) in [6, 6.07) is 22.9. The van der Waals surface area contributed by atoms with Gasteiger partial charge in [-0.25, -0.2) is 4.98 Å². The van der Waals surface area contributed by atoms with Crippen LogP contribution in [-0.4, -0.2) is 15.0 Å². The minimum absolute atomic E-state index is 0.